The highest BCUT2D eigenvalue weighted by atomic mass is 16.5. The molecule has 1 aliphatic carbocycles. The first-order valence-electron chi connectivity index (χ1n) is 7.47. The van der Waals surface area contributed by atoms with Crippen molar-refractivity contribution in [3.05, 3.63) is 11.7 Å². The number of hydrogen-bond acceptors (Lipinski definition) is 5. The summed E-state index contributed by atoms with van der Waals surface area (Å²) in [6, 6.07) is 0. The summed E-state index contributed by atoms with van der Waals surface area (Å²) in [7, 11) is 0. The van der Waals surface area contributed by atoms with E-state index in [1.165, 1.54) is 0 Å². The zero-order chi connectivity index (χ0) is 13.9. The van der Waals surface area contributed by atoms with Gasteiger partial charge in [0.2, 0.25) is 11.8 Å². The quantitative estimate of drug-likeness (QED) is 0.873. The van der Waals surface area contributed by atoms with Crippen LogP contribution >= 0.6 is 0 Å². The average Bonchev–Trinajstić information content (AvgIpc) is 3.24. The Labute approximate surface area is 118 Å². The third-order valence-electron chi connectivity index (χ3n) is 4.11. The lowest BCUT2D eigenvalue weighted by Crippen LogP contribution is -2.41. The van der Waals surface area contributed by atoms with Crippen LogP contribution in [0.4, 0.5) is 0 Å². The van der Waals surface area contributed by atoms with Crippen LogP contribution < -0.4 is 0 Å². The lowest BCUT2D eigenvalue weighted by Gasteiger charge is -2.31. The summed E-state index contributed by atoms with van der Waals surface area (Å²) >= 11 is 0. The predicted molar refractivity (Wildman–Crippen MR) is 71.0 cm³/mol. The Kier molecular flexibility index (Phi) is 4.00. The third kappa shape index (κ3) is 3.17. The SMILES string of the molecule is O=C(CCc1nc(C2CC2)no1)N1CCCC(CO)C1. The van der Waals surface area contributed by atoms with Gasteiger partial charge in [0.25, 0.3) is 0 Å². The van der Waals surface area contributed by atoms with E-state index in [1.807, 2.05) is 4.90 Å². The normalized spacial score (nSPS) is 23.1. The van der Waals surface area contributed by atoms with Crippen LogP contribution in [0.1, 0.15) is 49.7 Å². The molecule has 0 bridgehead atoms. The molecule has 2 fully saturated rings. The number of hydrogen-bond donors (Lipinski definition) is 1. The lowest BCUT2D eigenvalue weighted by atomic mass is 9.99. The van der Waals surface area contributed by atoms with E-state index < -0.39 is 0 Å². The lowest BCUT2D eigenvalue weighted by molar-refractivity contribution is -0.133. The van der Waals surface area contributed by atoms with E-state index >= 15 is 0 Å². The minimum absolute atomic E-state index is 0.120. The third-order valence-corrected chi connectivity index (χ3v) is 4.11. The molecule has 1 saturated heterocycles. The fraction of sp³-hybridized carbons (Fsp3) is 0.786. The van der Waals surface area contributed by atoms with Crippen molar-refractivity contribution in [2.45, 2.75) is 44.4 Å². The molecule has 1 amide bonds. The van der Waals surface area contributed by atoms with Crippen LogP contribution in [-0.4, -0.2) is 45.8 Å². The molecule has 0 aromatic carbocycles. The summed E-state index contributed by atoms with van der Waals surface area (Å²) in [5, 5.41) is 13.1. The molecule has 6 nitrogen and oxygen atoms in total. The van der Waals surface area contributed by atoms with Crippen LogP contribution in [0.25, 0.3) is 0 Å². The zero-order valence-electron chi connectivity index (χ0n) is 11.6. The molecule has 1 aliphatic heterocycles. The van der Waals surface area contributed by atoms with E-state index in [0.29, 0.717) is 31.2 Å². The van der Waals surface area contributed by atoms with Gasteiger partial charge in [0, 0.05) is 38.5 Å². The average molecular weight is 279 g/mol. The Morgan fingerprint density at radius 3 is 3.00 bits per heavy atom. The maximum atomic E-state index is 12.1. The summed E-state index contributed by atoms with van der Waals surface area (Å²) in [6.07, 6.45) is 5.20. The van der Waals surface area contributed by atoms with E-state index in [1.54, 1.807) is 0 Å². The van der Waals surface area contributed by atoms with Crippen LogP contribution in [0.3, 0.4) is 0 Å². The van der Waals surface area contributed by atoms with Gasteiger partial charge in [-0.1, -0.05) is 5.16 Å². The van der Waals surface area contributed by atoms with Crippen molar-refractivity contribution >= 4 is 5.91 Å². The van der Waals surface area contributed by atoms with Crippen molar-refractivity contribution in [1.29, 1.82) is 0 Å². The Morgan fingerprint density at radius 1 is 1.40 bits per heavy atom. The van der Waals surface area contributed by atoms with Gasteiger partial charge in [0.05, 0.1) is 0 Å². The first kappa shape index (κ1) is 13.5. The standard InChI is InChI=1S/C14H21N3O3/c18-9-10-2-1-7-17(8-10)13(19)6-5-12-15-14(16-20-12)11-3-4-11/h10-11,18H,1-9H2. The number of amides is 1. The molecule has 1 atom stereocenters. The molecule has 1 aromatic heterocycles. The highest BCUT2D eigenvalue weighted by Gasteiger charge is 2.29. The van der Waals surface area contributed by atoms with E-state index in [-0.39, 0.29) is 18.4 Å². The second-order valence-corrected chi connectivity index (χ2v) is 5.85. The molecule has 20 heavy (non-hydrogen) atoms. The predicted octanol–water partition coefficient (Wildman–Crippen LogP) is 1.11. The highest BCUT2D eigenvalue weighted by molar-refractivity contribution is 5.76. The minimum Gasteiger partial charge on any atom is -0.396 e. The molecule has 0 radical (unpaired) electrons. The number of carbonyl (C=O) groups excluding carboxylic acids is 1. The first-order valence-corrected chi connectivity index (χ1v) is 7.47. The molecule has 2 heterocycles. The second kappa shape index (κ2) is 5.91. The van der Waals surface area contributed by atoms with Crippen molar-refractivity contribution in [2.24, 2.45) is 5.92 Å². The van der Waals surface area contributed by atoms with Gasteiger partial charge < -0.3 is 14.5 Å². The Bertz CT molecular complexity index is 470. The smallest absolute Gasteiger partial charge is 0.227 e. The Hall–Kier alpha value is -1.43. The van der Waals surface area contributed by atoms with Crippen LogP contribution in [0.5, 0.6) is 0 Å². The summed E-state index contributed by atoms with van der Waals surface area (Å²) in [4.78, 5) is 18.3. The van der Waals surface area contributed by atoms with Crippen LogP contribution in [0.15, 0.2) is 4.52 Å². The number of piperidine rings is 1. The monoisotopic (exact) mass is 279 g/mol. The minimum atomic E-state index is 0.120. The van der Waals surface area contributed by atoms with Gasteiger partial charge in [0.1, 0.15) is 0 Å². The van der Waals surface area contributed by atoms with Gasteiger partial charge in [0.15, 0.2) is 5.82 Å². The molecule has 110 valence electrons. The number of aromatic nitrogens is 2. The second-order valence-electron chi connectivity index (χ2n) is 5.85. The van der Waals surface area contributed by atoms with Crippen molar-refractivity contribution in [3.8, 4) is 0 Å². The Morgan fingerprint density at radius 2 is 2.25 bits per heavy atom. The van der Waals surface area contributed by atoms with Gasteiger partial charge in [-0.25, -0.2) is 0 Å². The van der Waals surface area contributed by atoms with Crippen molar-refractivity contribution < 1.29 is 14.4 Å². The van der Waals surface area contributed by atoms with Crippen LogP contribution in [0.2, 0.25) is 0 Å². The topological polar surface area (TPSA) is 79.5 Å². The summed E-state index contributed by atoms with van der Waals surface area (Å²) in [5.41, 5.74) is 0. The maximum absolute atomic E-state index is 12.1. The largest absolute Gasteiger partial charge is 0.396 e. The molecular formula is C14H21N3O3. The fourth-order valence-electron chi connectivity index (χ4n) is 2.69. The van der Waals surface area contributed by atoms with Gasteiger partial charge in [-0.3, -0.25) is 4.79 Å². The van der Waals surface area contributed by atoms with Gasteiger partial charge in [-0.05, 0) is 31.6 Å². The molecular weight excluding hydrogens is 258 g/mol. The number of aryl methyl sites for hydroxylation is 1. The van der Waals surface area contributed by atoms with Crippen LogP contribution in [0, 0.1) is 5.92 Å². The van der Waals surface area contributed by atoms with Gasteiger partial charge in [-0.2, -0.15) is 4.98 Å². The van der Waals surface area contributed by atoms with Crippen molar-refractivity contribution in [3.63, 3.8) is 0 Å². The Balaban J connectivity index is 1.48. The number of likely N-dealkylation sites (tertiary alicyclic amines) is 1. The van der Waals surface area contributed by atoms with E-state index in [2.05, 4.69) is 10.1 Å². The zero-order valence-corrected chi connectivity index (χ0v) is 11.6. The molecule has 3 rings (SSSR count). The fourth-order valence-corrected chi connectivity index (χ4v) is 2.69. The number of carbonyl (C=O) groups is 1. The van der Waals surface area contributed by atoms with Crippen LogP contribution in [-0.2, 0) is 11.2 Å². The van der Waals surface area contributed by atoms with Gasteiger partial charge in [-0.15, -0.1) is 0 Å². The molecule has 1 saturated carbocycles. The summed E-state index contributed by atoms with van der Waals surface area (Å²) in [6.45, 7) is 1.64. The van der Waals surface area contributed by atoms with Gasteiger partial charge >= 0.3 is 0 Å². The summed E-state index contributed by atoms with van der Waals surface area (Å²) < 4.78 is 5.17. The van der Waals surface area contributed by atoms with Crippen molar-refractivity contribution in [1.82, 2.24) is 15.0 Å². The molecule has 2 aliphatic rings. The number of aliphatic hydroxyl groups is 1. The van der Waals surface area contributed by atoms with E-state index in [4.69, 9.17) is 4.52 Å². The number of aliphatic hydroxyl groups excluding tert-OH is 1. The summed E-state index contributed by atoms with van der Waals surface area (Å²) in [5.74, 6) is 2.20. The molecule has 1 N–H and O–H groups in total. The first-order chi connectivity index (χ1) is 9.76. The van der Waals surface area contributed by atoms with E-state index in [0.717, 1.165) is 38.1 Å². The van der Waals surface area contributed by atoms with Crippen molar-refractivity contribution in [2.75, 3.05) is 19.7 Å². The highest BCUT2D eigenvalue weighted by Crippen LogP contribution is 2.38. The number of nitrogens with zero attached hydrogens (tertiary/aromatic N) is 3. The molecule has 1 unspecified atom stereocenters. The number of rotatable bonds is 5. The van der Waals surface area contributed by atoms with E-state index in [9.17, 15) is 9.90 Å². The molecule has 6 heteroatoms. The molecule has 0 spiro atoms. The maximum Gasteiger partial charge on any atom is 0.227 e. The molecule has 1 aromatic rings.